The molecule has 32 heavy (non-hydrogen) atoms. The first kappa shape index (κ1) is 18.7. The van der Waals surface area contributed by atoms with Crippen molar-refractivity contribution in [1.82, 2.24) is 28.9 Å². The summed E-state index contributed by atoms with van der Waals surface area (Å²) in [6.45, 7) is 6.68. The number of pyridine rings is 1. The van der Waals surface area contributed by atoms with Crippen LogP contribution < -0.4 is 0 Å². The maximum Gasteiger partial charge on any atom is 0.221 e. The van der Waals surface area contributed by atoms with E-state index in [-0.39, 0.29) is 5.41 Å². The van der Waals surface area contributed by atoms with E-state index in [2.05, 4.69) is 64.0 Å². The summed E-state index contributed by atoms with van der Waals surface area (Å²) >= 11 is 0. The molecule has 0 atom stereocenters. The zero-order valence-corrected chi connectivity index (χ0v) is 18.2. The van der Waals surface area contributed by atoms with Crippen molar-refractivity contribution in [2.45, 2.75) is 26.2 Å². The Morgan fingerprint density at radius 1 is 0.750 bits per heavy atom. The van der Waals surface area contributed by atoms with E-state index in [0.717, 1.165) is 44.9 Å². The Morgan fingerprint density at radius 2 is 1.56 bits per heavy atom. The number of fused-ring (bicyclic) bond motifs is 5. The van der Waals surface area contributed by atoms with Gasteiger partial charge in [0.05, 0.1) is 40.2 Å². The summed E-state index contributed by atoms with van der Waals surface area (Å²) in [7, 11) is 0. The molecule has 0 aliphatic carbocycles. The number of hydrogen-bond acceptors (Lipinski definition) is 4. The third kappa shape index (κ3) is 2.80. The van der Waals surface area contributed by atoms with Gasteiger partial charge in [0.15, 0.2) is 5.82 Å². The van der Waals surface area contributed by atoms with Gasteiger partial charge in [-0.2, -0.15) is 0 Å². The van der Waals surface area contributed by atoms with Crippen LogP contribution in [0, 0.1) is 0 Å². The molecule has 0 unspecified atom stereocenters. The van der Waals surface area contributed by atoms with Gasteiger partial charge in [-0.25, -0.2) is 9.97 Å². The van der Waals surface area contributed by atoms with Crippen LogP contribution in [0.15, 0.2) is 79.4 Å². The molecule has 0 bridgehead atoms. The highest BCUT2D eigenvalue weighted by atomic mass is 15.2. The van der Waals surface area contributed by atoms with Gasteiger partial charge >= 0.3 is 0 Å². The Balaban J connectivity index is 1.71. The fourth-order valence-corrected chi connectivity index (χ4v) is 4.22. The third-order valence-corrected chi connectivity index (χ3v) is 5.89. The van der Waals surface area contributed by atoms with Crippen LogP contribution in [0.2, 0.25) is 0 Å². The maximum atomic E-state index is 4.97. The standard InChI is InChI=1S/C26H22N6/c1-26(2,3)18-8-9-22-23(14-18)32(25-30-19-6-4-5-7-21(19)31(22)25)24-16-28-15-20(29-24)17-10-12-27-13-11-17/h4-16H,1-3H3. The second-order valence-electron chi connectivity index (χ2n) is 9.02. The molecule has 0 spiro atoms. The summed E-state index contributed by atoms with van der Waals surface area (Å²) in [6, 6.07) is 18.7. The smallest absolute Gasteiger partial charge is 0.221 e. The van der Waals surface area contributed by atoms with Crippen LogP contribution in [0.25, 0.3) is 44.9 Å². The minimum absolute atomic E-state index is 0.0258. The lowest BCUT2D eigenvalue weighted by Gasteiger charge is -2.19. The van der Waals surface area contributed by atoms with E-state index < -0.39 is 0 Å². The van der Waals surface area contributed by atoms with Gasteiger partial charge < -0.3 is 0 Å². The minimum Gasteiger partial charge on any atom is -0.276 e. The Bertz CT molecular complexity index is 1600. The molecule has 6 nitrogen and oxygen atoms in total. The molecule has 4 heterocycles. The molecule has 0 aliphatic rings. The summed E-state index contributed by atoms with van der Waals surface area (Å²) in [5.74, 6) is 1.56. The molecule has 0 aliphatic heterocycles. The summed E-state index contributed by atoms with van der Waals surface area (Å²) in [6.07, 6.45) is 7.12. The molecular formula is C26H22N6. The summed E-state index contributed by atoms with van der Waals surface area (Å²) in [5, 5.41) is 0. The predicted molar refractivity (Wildman–Crippen MR) is 127 cm³/mol. The number of para-hydroxylation sites is 2. The molecule has 6 aromatic rings. The monoisotopic (exact) mass is 418 g/mol. The van der Waals surface area contributed by atoms with Crippen LogP contribution in [-0.4, -0.2) is 28.9 Å². The average Bonchev–Trinajstić information content (AvgIpc) is 3.33. The van der Waals surface area contributed by atoms with Crippen LogP contribution >= 0.6 is 0 Å². The number of hydrogen-bond donors (Lipinski definition) is 0. The Hall–Kier alpha value is -4.06. The van der Waals surface area contributed by atoms with Crippen molar-refractivity contribution in [2.24, 2.45) is 0 Å². The lowest BCUT2D eigenvalue weighted by Crippen LogP contribution is -2.11. The van der Waals surface area contributed by atoms with Gasteiger partial charge in [0.25, 0.3) is 0 Å². The Kier molecular flexibility index (Phi) is 3.92. The zero-order valence-electron chi connectivity index (χ0n) is 18.2. The van der Waals surface area contributed by atoms with Crippen molar-refractivity contribution >= 4 is 27.8 Å². The maximum absolute atomic E-state index is 4.97. The highest BCUT2D eigenvalue weighted by Gasteiger charge is 2.21. The molecule has 2 aromatic carbocycles. The van der Waals surface area contributed by atoms with E-state index in [4.69, 9.17) is 9.97 Å². The third-order valence-electron chi connectivity index (χ3n) is 5.89. The highest BCUT2D eigenvalue weighted by molar-refractivity contribution is 5.92. The molecule has 0 radical (unpaired) electrons. The Morgan fingerprint density at radius 3 is 2.38 bits per heavy atom. The minimum atomic E-state index is 0.0258. The molecule has 0 saturated carbocycles. The number of benzene rings is 2. The van der Waals surface area contributed by atoms with Gasteiger partial charge in [-0.1, -0.05) is 39.0 Å². The Labute approximate surface area is 185 Å². The van der Waals surface area contributed by atoms with E-state index in [1.165, 1.54) is 5.56 Å². The van der Waals surface area contributed by atoms with Crippen molar-refractivity contribution in [1.29, 1.82) is 0 Å². The molecule has 6 rings (SSSR count). The van der Waals surface area contributed by atoms with Crippen LogP contribution in [0.1, 0.15) is 26.3 Å². The summed E-state index contributed by atoms with van der Waals surface area (Å²) in [5.41, 5.74) is 7.25. The molecule has 156 valence electrons. The summed E-state index contributed by atoms with van der Waals surface area (Å²) in [4.78, 5) is 18.6. The fraction of sp³-hybridized carbons (Fsp3) is 0.154. The number of nitrogens with zero attached hydrogens (tertiary/aromatic N) is 6. The molecule has 0 saturated heterocycles. The zero-order chi connectivity index (χ0) is 21.9. The van der Waals surface area contributed by atoms with Gasteiger partial charge in [0.2, 0.25) is 5.78 Å². The number of aromatic nitrogens is 6. The van der Waals surface area contributed by atoms with E-state index in [9.17, 15) is 0 Å². The van der Waals surface area contributed by atoms with Crippen LogP contribution in [-0.2, 0) is 5.41 Å². The molecule has 0 amide bonds. The van der Waals surface area contributed by atoms with Crippen LogP contribution in [0.3, 0.4) is 0 Å². The lowest BCUT2D eigenvalue weighted by molar-refractivity contribution is 0.591. The normalized spacial score (nSPS) is 12.2. The van der Waals surface area contributed by atoms with Crippen molar-refractivity contribution in [3.8, 4) is 17.1 Å². The van der Waals surface area contributed by atoms with Gasteiger partial charge in [0.1, 0.15) is 0 Å². The highest BCUT2D eigenvalue weighted by Crippen LogP contribution is 2.32. The van der Waals surface area contributed by atoms with Gasteiger partial charge in [-0.3, -0.25) is 18.9 Å². The van der Waals surface area contributed by atoms with Crippen molar-refractivity contribution in [3.05, 3.63) is 84.9 Å². The molecule has 4 aromatic heterocycles. The van der Waals surface area contributed by atoms with Crippen molar-refractivity contribution in [3.63, 3.8) is 0 Å². The second kappa shape index (κ2) is 6.72. The first-order valence-corrected chi connectivity index (χ1v) is 10.7. The fourth-order valence-electron chi connectivity index (χ4n) is 4.22. The number of rotatable bonds is 2. The largest absolute Gasteiger partial charge is 0.276 e. The van der Waals surface area contributed by atoms with Gasteiger partial charge in [0, 0.05) is 18.0 Å². The van der Waals surface area contributed by atoms with E-state index in [1.54, 1.807) is 24.8 Å². The summed E-state index contributed by atoms with van der Waals surface area (Å²) < 4.78 is 4.32. The van der Waals surface area contributed by atoms with Crippen molar-refractivity contribution < 1.29 is 0 Å². The van der Waals surface area contributed by atoms with E-state index in [1.807, 2.05) is 30.3 Å². The molecule has 6 heteroatoms. The van der Waals surface area contributed by atoms with Gasteiger partial charge in [-0.05, 0) is 47.4 Å². The van der Waals surface area contributed by atoms with Crippen LogP contribution in [0.5, 0.6) is 0 Å². The van der Waals surface area contributed by atoms with Crippen LogP contribution in [0.4, 0.5) is 0 Å². The van der Waals surface area contributed by atoms with Gasteiger partial charge in [-0.15, -0.1) is 0 Å². The molecule has 0 fully saturated rings. The predicted octanol–water partition coefficient (Wildman–Crippen LogP) is 5.58. The first-order chi connectivity index (χ1) is 15.5. The van der Waals surface area contributed by atoms with E-state index >= 15 is 0 Å². The average molecular weight is 419 g/mol. The molecule has 0 N–H and O–H groups in total. The van der Waals surface area contributed by atoms with Crippen molar-refractivity contribution in [2.75, 3.05) is 0 Å². The molecular weight excluding hydrogens is 396 g/mol. The lowest BCUT2D eigenvalue weighted by atomic mass is 9.87. The topological polar surface area (TPSA) is 60.9 Å². The second-order valence-corrected chi connectivity index (χ2v) is 9.02. The van der Waals surface area contributed by atoms with E-state index in [0.29, 0.717) is 0 Å². The number of imidazole rings is 2. The first-order valence-electron chi connectivity index (χ1n) is 10.7. The quantitative estimate of drug-likeness (QED) is 0.368. The SMILES string of the molecule is CC(C)(C)c1ccc2c(c1)n(-c1cncc(-c3ccncc3)n1)c1nc3ccccc3n21.